The summed E-state index contributed by atoms with van der Waals surface area (Å²) in [6, 6.07) is 9.58. The molecule has 0 aliphatic carbocycles. The highest BCUT2D eigenvalue weighted by atomic mass is 32.1. The minimum absolute atomic E-state index is 0. The fourth-order valence-corrected chi connectivity index (χ4v) is 5.21. The van der Waals surface area contributed by atoms with E-state index in [0.29, 0.717) is 23.8 Å². The van der Waals surface area contributed by atoms with Crippen molar-refractivity contribution in [3.05, 3.63) is 72.2 Å². The second-order valence-corrected chi connectivity index (χ2v) is 10.3. The third-order valence-electron chi connectivity index (χ3n) is 7.59. The summed E-state index contributed by atoms with van der Waals surface area (Å²) in [5.74, 6) is 2.14. The molecule has 1 aromatic carbocycles. The third-order valence-corrected chi connectivity index (χ3v) is 7.59. The Morgan fingerprint density at radius 1 is 1.05 bits per heavy atom. The van der Waals surface area contributed by atoms with E-state index in [4.69, 9.17) is 0 Å². The van der Waals surface area contributed by atoms with Crippen LogP contribution in [0.25, 0.3) is 22.2 Å². The Kier molecular flexibility index (Phi) is 9.82. The quantitative estimate of drug-likeness (QED) is 0.325. The van der Waals surface area contributed by atoms with Gasteiger partial charge in [0.25, 0.3) is 5.91 Å². The first kappa shape index (κ1) is 29.9. The summed E-state index contributed by atoms with van der Waals surface area (Å²) in [7, 11) is 1.63. The van der Waals surface area contributed by atoms with Gasteiger partial charge in [0.05, 0.1) is 16.8 Å². The number of nitrogens with one attached hydrogen (secondary N) is 2. The van der Waals surface area contributed by atoms with Crippen LogP contribution in [-0.4, -0.2) is 68.3 Å². The maximum absolute atomic E-state index is 12.3. The summed E-state index contributed by atoms with van der Waals surface area (Å²) in [4.78, 5) is 48.4. The number of nitrogens with zero attached hydrogens (tertiary/aromatic N) is 6. The molecule has 1 fully saturated rings. The molecule has 5 rings (SSSR count). The van der Waals surface area contributed by atoms with Crippen LogP contribution in [0.15, 0.2) is 55.2 Å². The molecule has 1 aliphatic rings. The normalized spacial score (nSPS) is 14.3. The summed E-state index contributed by atoms with van der Waals surface area (Å²) in [5.41, 5.74) is 4.06. The number of likely N-dealkylation sites (tertiary alicyclic amines) is 1. The van der Waals surface area contributed by atoms with Gasteiger partial charge in [0, 0.05) is 81.6 Å². The van der Waals surface area contributed by atoms with Gasteiger partial charge >= 0.3 is 0 Å². The number of carbonyl (C=O) groups excluding carboxylic acids is 2. The van der Waals surface area contributed by atoms with E-state index in [1.54, 1.807) is 26.2 Å². The number of anilines is 1. The number of piperidine rings is 1. The summed E-state index contributed by atoms with van der Waals surface area (Å²) in [6.45, 7) is 5.99. The van der Waals surface area contributed by atoms with Crippen LogP contribution < -0.4 is 10.6 Å². The molecule has 0 unspecified atom stereocenters. The molecule has 214 valence electrons. The topological polar surface area (TPSA) is 126 Å². The zero-order valence-electron chi connectivity index (χ0n) is 23.6. The molecule has 1 atom stereocenters. The monoisotopic (exact) mass is 572 g/mol. The fourth-order valence-electron chi connectivity index (χ4n) is 5.21. The predicted molar refractivity (Wildman–Crippen MR) is 164 cm³/mol. The van der Waals surface area contributed by atoms with Crippen LogP contribution in [-0.2, 0) is 11.2 Å². The highest BCUT2D eigenvalue weighted by Crippen LogP contribution is 2.27. The molecule has 0 radical (unpaired) electrons. The number of hydrogen-bond donors (Lipinski definition) is 2. The van der Waals surface area contributed by atoms with E-state index >= 15 is 0 Å². The maximum Gasteiger partial charge on any atom is 0.251 e. The number of benzene rings is 1. The van der Waals surface area contributed by atoms with E-state index < -0.39 is 0 Å². The lowest BCUT2D eigenvalue weighted by atomic mass is 9.93. The zero-order chi connectivity index (χ0) is 28.1. The maximum atomic E-state index is 12.3. The molecule has 0 spiro atoms. The number of rotatable bonds is 8. The first-order valence-electron chi connectivity index (χ1n) is 13.7. The first-order valence-corrected chi connectivity index (χ1v) is 13.7. The smallest absolute Gasteiger partial charge is 0.251 e. The molecule has 0 saturated carbocycles. The molecule has 10 nitrogen and oxygen atoms in total. The van der Waals surface area contributed by atoms with Crippen LogP contribution in [0.4, 0.5) is 5.82 Å². The number of carbonyl (C=O) groups is 2. The van der Waals surface area contributed by atoms with Gasteiger partial charge in [-0.25, -0.2) is 19.9 Å². The molecule has 4 heterocycles. The van der Waals surface area contributed by atoms with Crippen LogP contribution in [0.3, 0.4) is 0 Å². The number of pyridine rings is 1. The van der Waals surface area contributed by atoms with Crippen molar-refractivity contribution < 1.29 is 9.59 Å². The Morgan fingerprint density at radius 3 is 2.51 bits per heavy atom. The molecule has 1 saturated heterocycles. The second-order valence-electron chi connectivity index (χ2n) is 10.3. The van der Waals surface area contributed by atoms with Crippen molar-refractivity contribution in [1.82, 2.24) is 35.1 Å². The summed E-state index contributed by atoms with van der Waals surface area (Å²) >= 11 is 0. The zero-order valence-corrected chi connectivity index (χ0v) is 24.6. The van der Waals surface area contributed by atoms with Gasteiger partial charge in [-0.15, -0.1) is 0 Å². The van der Waals surface area contributed by atoms with Gasteiger partial charge in [-0.3, -0.25) is 14.6 Å². The Hall–Kier alpha value is -4.12. The number of amides is 2. The van der Waals surface area contributed by atoms with Gasteiger partial charge in [0.2, 0.25) is 5.91 Å². The van der Waals surface area contributed by atoms with Crippen molar-refractivity contribution >= 4 is 42.0 Å². The van der Waals surface area contributed by atoms with Crippen LogP contribution in [0, 0.1) is 5.92 Å². The van der Waals surface area contributed by atoms with E-state index in [0.717, 1.165) is 65.9 Å². The van der Waals surface area contributed by atoms with Gasteiger partial charge < -0.3 is 15.5 Å². The van der Waals surface area contributed by atoms with Crippen molar-refractivity contribution in [2.24, 2.45) is 5.92 Å². The Labute approximate surface area is 246 Å². The molecule has 2 N–H and O–H groups in total. The summed E-state index contributed by atoms with van der Waals surface area (Å²) in [6.07, 6.45) is 9.61. The van der Waals surface area contributed by atoms with Gasteiger partial charge in [-0.2, -0.15) is 13.5 Å². The average molecular weight is 573 g/mol. The highest BCUT2D eigenvalue weighted by molar-refractivity contribution is 7.59. The van der Waals surface area contributed by atoms with Gasteiger partial charge in [-0.05, 0) is 30.4 Å². The van der Waals surface area contributed by atoms with E-state index in [-0.39, 0.29) is 31.2 Å². The average Bonchev–Trinajstić information content (AvgIpc) is 2.99. The van der Waals surface area contributed by atoms with E-state index in [1.807, 2.05) is 41.6 Å². The SMILES string of the molecule is CNC(=O)c1ccnc2c([C@H](C)CNc3cc(-c4cnc(CC5CCN(C(C)=O)CC5)nc4)ncn3)cccc12.S. The standard InChI is InChI=1S/C30H34N8O2.H2S/c1-19(23-5-4-6-24-25(30(40)31-3)7-10-32-29(23)24)15-33-28-14-26(36-18-37-28)22-16-34-27(35-17-22)13-21-8-11-38(12-9-21)20(2)39;/h4-7,10,14,16-19,21H,8-9,11-13,15H2,1-3H3,(H,31,40)(H,33,36,37);1H2/t19-;/m1./s1. The molecule has 3 aromatic heterocycles. The van der Waals surface area contributed by atoms with Crippen molar-refractivity contribution in [1.29, 1.82) is 0 Å². The Morgan fingerprint density at radius 2 is 1.80 bits per heavy atom. The van der Waals surface area contributed by atoms with Gasteiger partial charge in [-0.1, -0.05) is 25.1 Å². The number of fused-ring (bicyclic) bond motifs is 1. The van der Waals surface area contributed by atoms with Crippen molar-refractivity contribution in [2.45, 2.75) is 39.0 Å². The number of aromatic nitrogens is 5. The molecule has 0 bridgehead atoms. The number of para-hydroxylation sites is 1. The molecule has 1 aliphatic heterocycles. The lowest BCUT2D eigenvalue weighted by Gasteiger charge is -2.30. The lowest BCUT2D eigenvalue weighted by Crippen LogP contribution is -2.37. The third kappa shape index (κ3) is 6.97. The lowest BCUT2D eigenvalue weighted by molar-refractivity contribution is -0.130. The molecular weight excluding hydrogens is 536 g/mol. The predicted octanol–water partition coefficient (Wildman–Crippen LogP) is 3.97. The minimum atomic E-state index is -0.129. The number of hydrogen-bond acceptors (Lipinski definition) is 8. The largest absolute Gasteiger partial charge is 0.369 e. The molecule has 11 heteroatoms. The van der Waals surface area contributed by atoms with Crippen LogP contribution in [0.5, 0.6) is 0 Å². The molecular formula is C30H36N8O2S. The minimum Gasteiger partial charge on any atom is -0.369 e. The first-order chi connectivity index (χ1) is 19.4. The highest BCUT2D eigenvalue weighted by Gasteiger charge is 2.22. The van der Waals surface area contributed by atoms with Crippen molar-refractivity contribution in [3.8, 4) is 11.3 Å². The van der Waals surface area contributed by atoms with Gasteiger partial charge in [0.1, 0.15) is 18.0 Å². The van der Waals surface area contributed by atoms with Crippen molar-refractivity contribution in [3.63, 3.8) is 0 Å². The molecule has 41 heavy (non-hydrogen) atoms. The van der Waals surface area contributed by atoms with Crippen LogP contribution >= 0.6 is 13.5 Å². The van der Waals surface area contributed by atoms with Crippen molar-refractivity contribution in [2.75, 3.05) is 32.0 Å². The van der Waals surface area contributed by atoms with Crippen LogP contribution in [0.2, 0.25) is 0 Å². The second kappa shape index (κ2) is 13.5. The van der Waals surface area contributed by atoms with Crippen LogP contribution in [0.1, 0.15) is 54.4 Å². The fraction of sp³-hybridized carbons (Fsp3) is 0.367. The van der Waals surface area contributed by atoms with E-state index in [2.05, 4.69) is 42.5 Å². The van der Waals surface area contributed by atoms with E-state index in [1.165, 1.54) is 6.33 Å². The summed E-state index contributed by atoms with van der Waals surface area (Å²) in [5, 5.41) is 6.95. The molecule has 2 amide bonds. The van der Waals surface area contributed by atoms with E-state index in [9.17, 15) is 9.59 Å². The Bertz CT molecular complexity index is 1510. The Balaban J connectivity index is 0.00000387. The summed E-state index contributed by atoms with van der Waals surface area (Å²) < 4.78 is 0. The van der Waals surface area contributed by atoms with Gasteiger partial charge in [0.15, 0.2) is 0 Å². The molecule has 4 aromatic rings.